The Balaban J connectivity index is 2.33. The highest BCUT2D eigenvalue weighted by Crippen LogP contribution is 2.15. The molecule has 64 valence electrons. The maximum Gasteiger partial charge on any atom is 0.232 e. The normalized spacial score (nSPS) is 20.4. The van der Waals surface area contributed by atoms with Crippen LogP contribution in [0.3, 0.4) is 0 Å². The molecule has 0 spiro atoms. The van der Waals surface area contributed by atoms with Crippen molar-refractivity contribution in [2.24, 2.45) is 5.92 Å². The van der Waals surface area contributed by atoms with Crippen molar-refractivity contribution < 1.29 is 4.79 Å². The first-order chi connectivity index (χ1) is 5.24. The Hall–Kier alpha value is -0.180. The van der Waals surface area contributed by atoms with Crippen LogP contribution in [0.5, 0.6) is 0 Å². The molecule has 0 saturated carbocycles. The predicted octanol–water partition coefficient (Wildman–Crippen LogP) is 1.17. The molecule has 1 amide bonds. The summed E-state index contributed by atoms with van der Waals surface area (Å²) in [6, 6.07) is 0. The zero-order valence-corrected chi connectivity index (χ0v) is 7.81. The van der Waals surface area contributed by atoms with Crippen LogP contribution in [0.1, 0.15) is 19.8 Å². The Labute approximate surface area is 73.4 Å². The molecule has 1 rings (SSSR count). The van der Waals surface area contributed by atoms with E-state index in [0.717, 1.165) is 31.8 Å². The average Bonchev–Trinajstić information content (AvgIpc) is 2.05. The van der Waals surface area contributed by atoms with Gasteiger partial charge in [0.05, 0.1) is 5.75 Å². The van der Waals surface area contributed by atoms with Crippen molar-refractivity contribution in [2.45, 2.75) is 19.8 Å². The maximum absolute atomic E-state index is 11.1. The molecule has 0 atom stereocenters. The molecule has 0 aromatic carbocycles. The summed E-state index contributed by atoms with van der Waals surface area (Å²) in [5, 5.41) is 0. The van der Waals surface area contributed by atoms with Crippen molar-refractivity contribution in [2.75, 3.05) is 18.8 Å². The molecule has 0 bridgehead atoms. The first kappa shape index (κ1) is 8.91. The fourth-order valence-electron chi connectivity index (χ4n) is 1.36. The monoisotopic (exact) mass is 173 g/mol. The second-order valence-corrected chi connectivity index (χ2v) is 3.54. The molecule has 0 N–H and O–H groups in total. The molecular formula is C8H15NOS. The van der Waals surface area contributed by atoms with Gasteiger partial charge in [-0.2, -0.15) is 12.6 Å². The van der Waals surface area contributed by atoms with Crippen molar-refractivity contribution >= 4 is 18.5 Å². The quantitative estimate of drug-likeness (QED) is 0.590. The highest BCUT2D eigenvalue weighted by molar-refractivity contribution is 7.81. The Morgan fingerprint density at radius 2 is 2.09 bits per heavy atom. The summed E-state index contributed by atoms with van der Waals surface area (Å²) < 4.78 is 0. The Morgan fingerprint density at radius 3 is 2.55 bits per heavy atom. The highest BCUT2D eigenvalue weighted by atomic mass is 32.1. The number of piperidine rings is 1. The number of nitrogens with zero attached hydrogens (tertiary/aromatic N) is 1. The van der Waals surface area contributed by atoms with Gasteiger partial charge in [0.2, 0.25) is 5.91 Å². The summed E-state index contributed by atoms with van der Waals surface area (Å²) in [6.45, 7) is 4.10. The Kier molecular flexibility index (Phi) is 3.24. The van der Waals surface area contributed by atoms with Crippen LogP contribution in [-0.4, -0.2) is 29.6 Å². The number of hydrogen-bond acceptors (Lipinski definition) is 2. The predicted molar refractivity (Wildman–Crippen MR) is 48.8 cm³/mol. The van der Waals surface area contributed by atoms with Crippen LogP contribution < -0.4 is 0 Å². The van der Waals surface area contributed by atoms with Crippen LogP contribution in [0.25, 0.3) is 0 Å². The van der Waals surface area contributed by atoms with Crippen LogP contribution in [0.2, 0.25) is 0 Å². The van der Waals surface area contributed by atoms with Gasteiger partial charge in [0.25, 0.3) is 0 Å². The first-order valence-corrected chi connectivity index (χ1v) is 4.76. The zero-order chi connectivity index (χ0) is 8.27. The van der Waals surface area contributed by atoms with Crippen molar-refractivity contribution in [3.8, 4) is 0 Å². The van der Waals surface area contributed by atoms with E-state index in [1.807, 2.05) is 4.90 Å². The minimum Gasteiger partial charge on any atom is -0.342 e. The van der Waals surface area contributed by atoms with Gasteiger partial charge in [0, 0.05) is 13.1 Å². The van der Waals surface area contributed by atoms with Gasteiger partial charge in [0.1, 0.15) is 0 Å². The van der Waals surface area contributed by atoms with Gasteiger partial charge in [-0.05, 0) is 18.8 Å². The largest absolute Gasteiger partial charge is 0.342 e. The van der Waals surface area contributed by atoms with E-state index in [1.54, 1.807) is 0 Å². The summed E-state index contributed by atoms with van der Waals surface area (Å²) in [5.41, 5.74) is 0. The van der Waals surface area contributed by atoms with Crippen molar-refractivity contribution in [1.82, 2.24) is 4.90 Å². The Bertz CT molecular complexity index is 141. The molecule has 0 aromatic heterocycles. The van der Waals surface area contributed by atoms with E-state index in [0.29, 0.717) is 5.75 Å². The topological polar surface area (TPSA) is 20.3 Å². The third kappa shape index (κ3) is 2.40. The molecule has 11 heavy (non-hydrogen) atoms. The van der Waals surface area contributed by atoms with Gasteiger partial charge in [-0.15, -0.1) is 0 Å². The van der Waals surface area contributed by atoms with Gasteiger partial charge in [0.15, 0.2) is 0 Å². The number of hydrogen-bond donors (Lipinski definition) is 1. The lowest BCUT2D eigenvalue weighted by atomic mass is 9.99. The van der Waals surface area contributed by atoms with Crippen LogP contribution in [0.15, 0.2) is 0 Å². The van der Waals surface area contributed by atoms with Gasteiger partial charge in [-0.3, -0.25) is 4.79 Å². The molecule has 3 heteroatoms. The summed E-state index contributed by atoms with van der Waals surface area (Å²) in [4.78, 5) is 13.0. The van der Waals surface area contributed by atoms with Gasteiger partial charge >= 0.3 is 0 Å². The fourth-order valence-corrected chi connectivity index (χ4v) is 1.56. The minimum atomic E-state index is 0.181. The third-order valence-electron chi connectivity index (χ3n) is 2.27. The standard InChI is InChI=1S/C8H15NOS/c1-7-2-4-9(5-3-7)8(10)6-11/h7,11H,2-6H2,1H3. The second kappa shape index (κ2) is 4.00. The Morgan fingerprint density at radius 1 is 1.55 bits per heavy atom. The lowest BCUT2D eigenvalue weighted by Crippen LogP contribution is -2.38. The first-order valence-electron chi connectivity index (χ1n) is 4.12. The van der Waals surface area contributed by atoms with Gasteiger partial charge < -0.3 is 4.90 Å². The van der Waals surface area contributed by atoms with E-state index in [1.165, 1.54) is 0 Å². The van der Waals surface area contributed by atoms with Gasteiger partial charge in [-0.1, -0.05) is 6.92 Å². The van der Waals surface area contributed by atoms with Crippen molar-refractivity contribution in [3.63, 3.8) is 0 Å². The molecule has 2 nitrogen and oxygen atoms in total. The summed E-state index contributed by atoms with van der Waals surface area (Å²) in [6.07, 6.45) is 2.30. The molecular weight excluding hydrogens is 158 g/mol. The number of amides is 1. The third-order valence-corrected chi connectivity index (χ3v) is 2.54. The summed E-state index contributed by atoms with van der Waals surface area (Å²) in [5.74, 6) is 1.33. The van der Waals surface area contributed by atoms with Crippen LogP contribution in [0.4, 0.5) is 0 Å². The molecule has 0 unspecified atom stereocenters. The minimum absolute atomic E-state index is 0.181. The van der Waals surface area contributed by atoms with E-state index in [2.05, 4.69) is 19.6 Å². The number of likely N-dealkylation sites (tertiary alicyclic amines) is 1. The second-order valence-electron chi connectivity index (χ2n) is 3.22. The molecule has 1 fully saturated rings. The van der Waals surface area contributed by atoms with E-state index in [-0.39, 0.29) is 5.91 Å². The molecule has 1 aliphatic rings. The number of carbonyl (C=O) groups excluding carboxylic acids is 1. The molecule has 1 heterocycles. The molecule has 0 radical (unpaired) electrons. The molecule has 1 aliphatic heterocycles. The lowest BCUT2D eigenvalue weighted by molar-refractivity contribution is -0.129. The number of carbonyl (C=O) groups is 1. The smallest absolute Gasteiger partial charge is 0.232 e. The van der Waals surface area contributed by atoms with Gasteiger partial charge in [-0.25, -0.2) is 0 Å². The SMILES string of the molecule is CC1CCN(C(=O)CS)CC1. The highest BCUT2D eigenvalue weighted by Gasteiger charge is 2.18. The zero-order valence-electron chi connectivity index (χ0n) is 6.92. The lowest BCUT2D eigenvalue weighted by Gasteiger charge is -2.29. The van der Waals surface area contributed by atoms with Crippen LogP contribution >= 0.6 is 12.6 Å². The molecule has 0 aromatic rings. The summed E-state index contributed by atoms with van der Waals surface area (Å²) >= 11 is 3.96. The van der Waals surface area contributed by atoms with E-state index >= 15 is 0 Å². The number of rotatable bonds is 1. The van der Waals surface area contributed by atoms with Crippen molar-refractivity contribution in [1.29, 1.82) is 0 Å². The van der Waals surface area contributed by atoms with Crippen LogP contribution in [-0.2, 0) is 4.79 Å². The van der Waals surface area contributed by atoms with E-state index < -0.39 is 0 Å². The van der Waals surface area contributed by atoms with E-state index in [4.69, 9.17) is 0 Å². The van der Waals surface area contributed by atoms with E-state index in [9.17, 15) is 4.79 Å². The molecule has 1 saturated heterocycles. The number of thiol groups is 1. The maximum atomic E-state index is 11.1. The van der Waals surface area contributed by atoms with Crippen molar-refractivity contribution in [3.05, 3.63) is 0 Å². The van der Waals surface area contributed by atoms with Crippen LogP contribution in [0, 0.1) is 5.92 Å². The summed E-state index contributed by atoms with van der Waals surface area (Å²) in [7, 11) is 0. The molecule has 0 aliphatic carbocycles. The fraction of sp³-hybridized carbons (Fsp3) is 0.875. The average molecular weight is 173 g/mol.